The van der Waals surface area contributed by atoms with E-state index in [1.165, 1.54) is 52.9 Å². The predicted octanol–water partition coefficient (Wildman–Crippen LogP) is 7.26. The number of nitrogens with zero attached hydrogens (tertiary/aromatic N) is 1. The van der Waals surface area contributed by atoms with E-state index in [-0.39, 0.29) is 0 Å². The van der Waals surface area contributed by atoms with Gasteiger partial charge in [-0.25, -0.2) is 0 Å². The summed E-state index contributed by atoms with van der Waals surface area (Å²) < 4.78 is 0. The first-order valence-corrected chi connectivity index (χ1v) is 10.4. The summed E-state index contributed by atoms with van der Waals surface area (Å²) >= 11 is 0. The molecule has 1 heteroatoms. The van der Waals surface area contributed by atoms with Crippen molar-refractivity contribution >= 4 is 23.5 Å². The van der Waals surface area contributed by atoms with E-state index in [1.54, 1.807) is 5.56 Å². The molecule has 0 bridgehead atoms. The maximum atomic E-state index is 2.60. The van der Waals surface area contributed by atoms with Crippen LogP contribution in [0.1, 0.15) is 53.0 Å². The van der Waals surface area contributed by atoms with Crippen molar-refractivity contribution in [1.82, 2.24) is 0 Å². The molecular weight excluding hydrogens is 338 g/mol. The number of hydrogen-bond donors (Lipinski definition) is 0. The Morgan fingerprint density at radius 2 is 1.39 bits per heavy atom. The lowest BCUT2D eigenvalue weighted by Crippen LogP contribution is -2.26. The molecule has 1 aliphatic carbocycles. The van der Waals surface area contributed by atoms with E-state index < -0.39 is 0 Å². The number of rotatable bonds is 3. The molecule has 140 valence electrons. The fourth-order valence-corrected chi connectivity index (χ4v) is 4.93. The molecule has 0 aromatic heterocycles. The second-order valence-electron chi connectivity index (χ2n) is 8.37. The Balaban J connectivity index is 1.42. The Morgan fingerprint density at radius 3 is 2.11 bits per heavy atom. The zero-order valence-electron chi connectivity index (χ0n) is 16.7. The van der Waals surface area contributed by atoms with Gasteiger partial charge < -0.3 is 4.90 Å². The van der Waals surface area contributed by atoms with Crippen molar-refractivity contribution in [3.8, 4) is 0 Å². The van der Waals surface area contributed by atoms with E-state index in [0.29, 0.717) is 12.0 Å². The van der Waals surface area contributed by atoms with Crippen LogP contribution >= 0.6 is 0 Å². The number of hydrogen-bond acceptors (Lipinski definition) is 1. The molecule has 0 saturated heterocycles. The SMILES string of the molecule is Cc1ccc(/C=C/c2ccc(N3c4ccc(C)cc4C4CCCC43)cc2)cc1. The van der Waals surface area contributed by atoms with Gasteiger partial charge in [0.1, 0.15) is 0 Å². The Bertz CT molecular complexity index is 1010. The monoisotopic (exact) mass is 365 g/mol. The minimum Gasteiger partial charge on any atom is -0.338 e. The smallest absolute Gasteiger partial charge is 0.0449 e. The van der Waals surface area contributed by atoms with Gasteiger partial charge >= 0.3 is 0 Å². The molecule has 0 radical (unpaired) electrons. The summed E-state index contributed by atoms with van der Waals surface area (Å²) in [6.07, 6.45) is 8.36. The fraction of sp³-hybridized carbons (Fsp3) is 0.259. The van der Waals surface area contributed by atoms with Crippen LogP contribution in [0.4, 0.5) is 11.4 Å². The van der Waals surface area contributed by atoms with Crippen molar-refractivity contribution in [3.05, 3.63) is 94.5 Å². The number of fused-ring (bicyclic) bond motifs is 3. The first-order valence-electron chi connectivity index (χ1n) is 10.4. The average Bonchev–Trinajstić information content (AvgIpc) is 3.29. The second kappa shape index (κ2) is 6.98. The molecule has 2 aliphatic rings. The van der Waals surface area contributed by atoms with E-state index in [4.69, 9.17) is 0 Å². The summed E-state index contributed by atoms with van der Waals surface area (Å²) in [6, 6.07) is 25.4. The van der Waals surface area contributed by atoms with Crippen LogP contribution in [0.5, 0.6) is 0 Å². The summed E-state index contributed by atoms with van der Waals surface area (Å²) in [5, 5.41) is 0. The van der Waals surface area contributed by atoms with Crippen LogP contribution in [0.25, 0.3) is 12.2 Å². The Labute approximate surface area is 168 Å². The van der Waals surface area contributed by atoms with E-state index in [9.17, 15) is 0 Å². The summed E-state index contributed by atoms with van der Waals surface area (Å²) in [7, 11) is 0. The van der Waals surface area contributed by atoms with Gasteiger partial charge in [-0.15, -0.1) is 0 Å². The molecule has 3 aromatic carbocycles. The molecule has 5 rings (SSSR count). The highest BCUT2D eigenvalue weighted by Gasteiger charge is 2.41. The van der Waals surface area contributed by atoms with Crippen LogP contribution in [0.2, 0.25) is 0 Å². The summed E-state index contributed by atoms with van der Waals surface area (Å²) in [5.41, 5.74) is 9.47. The zero-order chi connectivity index (χ0) is 19.1. The average molecular weight is 366 g/mol. The molecule has 0 spiro atoms. The van der Waals surface area contributed by atoms with Crippen molar-refractivity contribution in [1.29, 1.82) is 0 Å². The van der Waals surface area contributed by atoms with Crippen molar-refractivity contribution in [2.45, 2.75) is 45.1 Å². The quantitative estimate of drug-likeness (QED) is 0.441. The summed E-state index contributed by atoms with van der Waals surface area (Å²) in [4.78, 5) is 2.60. The number of benzene rings is 3. The fourth-order valence-electron chi connectivity index (χ4n) is 4.93. The topological polar surface area (TPSA) is 3.24 Å². The molecule has 1 aliphatic heterocycles. The highest BCUT2D eigenvalue weighted by Crippen LogP contribution is 2.52. The van der Waals surface area contributed by atoms with Crippen LogP contribution in [-0.4, -0.2) is 6.04 Å². The van der Waals surface area contributed by atoms with Crippen LogP contribution in [0.15, 0.2) is 66.7 Å². The van der Waals surface area contributed by atoms with Gasteiger partial charge in [0, 0.05) is 23.3 Å². The molecule has 1 saturated carbocycles. The lowest BCUT2D eigenvalue weighted by molar-refractivity contribution is 0.641. The van der Waals surface area contributed by atoms with Gasteiger partial charge in [0.15, 0.2) is 0 Å². The summed E-state index contributed by atoms with van der Waals surface area (Å²) in [5.74, 6) is 0.705. The highest BCUT2D eigenvalue weighted by atomic mass is 15.2. The van der Waals surface area contributed by atoms with Crippen molar-refractivity contribution in [2.75, 3.05) is 4.90 Å². The predicted molar refractivity (Wildman–Crippen MR) is 120 cm³/mol. The maximum Gasteiger partial charge on any atom is 0.0449 e. The van der Waals surface area contributed by atoms with E-state index in [2.05, 4.69) is 97.6 Å². The Kier molecular flexibility index (Phi) is 4.31. The normalized spacial score (nSPS) is 20.6. The van der Waals surface area contributed by atoms with Crippen LogP contribution in [0, 0.1) is 13.8 Å². The van der Waals surface area contributed by atoms with Gasteiger partial charge in [-0.1, -0.05) is 78.2 Å². The highest BCUT2D eigenvalue weighted by molar-refractivity contribution is 5.75. The lowest BCUT2D eigenvalue weighted by Gasteiger charge is -2.27. The minimum atomic E-state index is 0.630. The largest absolute Gasteiger partial charge is 0.338 e. The third-order valence-corrected chi connectivity index (χ3v) is 6.37. The van der Waals surface area contributed by atoms with Crippen molar-refractivity contribution in [2.24, 2.45) is 0 Å². The van der Waals surface area contributed by atoms with Crippen LogP contribution < -0.4 is 4.90 Å². The minimum absolute atomic E-state index is 0.630. The van der Waals surface area contributed by atoms with Gasteiger partial charge in [-0.3, -0.25) is 0 Å². The van der Waals surface area contributed by atoms with E-state index >= 15 is 0 Å². The molecule has 1 nitrogen and oxygen atoms in total. The Hall–Kier alpha value is -2.80. The molecule has 2 unspecified atom stereocenters. The third kappa shape index (κ3) is 3.05. The first-order chi connectivity index (χ1) is 13.7. The number of aryl methyl sites for hydroxylation is 2. The zero-order valence-corrected chi connectivity index (χ0v) is 16.7. The first kappa shape index (κ1) is 17.3. The van der Waals surface area contributed by atoms with Gasteiger partial charge in [0.05, 0.1) is 0 Å². The molecule has 1 fully saturated rings. The lowest BCUT2D eigenvalue weighted by atomic mass is 9.96. The molecular formula is C27H27N. The Morgan fingerprint density at radius 1 is 0.750 bits per heavy atom. The van der Waals surface area contributed by atoms with E-state index in [1.807, 2.05) is 0 Å². The molecule has 0 N–H and O–H groups in total. The number of anilines is 2. The van der Waals surface area contributed by atoms with Gasteiger partial charge in [-0.05, 0) is 61.6 Å². The molecule has 28 heavy (non-hydrogen) atoms. The second-order valence-corrected chi connectivity index (χ2v) is 8.37. The van der Waals surface area contributed by atoms with Gasteiger partial charge in [0.25, 0.3) is 0 Å². The standard InChI is InChI=1S/C27H27N/c1-19-6-9-21(10-7-19)11-12-22-13-15-23(16-14-22)28-26-5-3-4-24(26)25-18-20(2)8-17-27(25)28/h6-18,24,26H,3-5H2,1-2H3/b12-11+. The van der Waals surface area contributed by atoms with Gasteiger partial charge in [0.2, 0.25) is 0 Å². The third-order valence-electron chi connectivity index (χ3n) is 6.37. The van der Waals surface area contributed by atoms with Crippen molar-refractivity contribution in [3.63, 3.8) is 0 Å². The summed E-state index contributed by atoms with van der Waals surface area (Å²) in [6.45, 7) is 4.33. The molecule has 1 heterocycles. The van der Waals surface area contributed by atoms with Crippen molar-refractivity contribution < 1.29 is 0 Å². The maximum absolute atomic E-state index is 2.60. The van der Waals surface area contributed by atoms with Crippen LogP contribution in [0.3, 0.4) is 0 Å². The van der Waals surface area contributed by atoms with Gasteiger partial charge in [-0.2, -0.15) is 0 Å². The molecule has 3 aromatic rings. The molecule has 0 amide bonds. The van der Waals surface area contributed by atoms with Crippen LogP contribution in [-0.2, 0) is 0 Å². The van der Waals surface area contributed by atoms with E-state index in [0.717, 1.165) is 0 Å². The molecule has 2 atom stereocenters.